The van der Waals surface area contributed by atoms with Crippen LogP contribution in [0.25, 0.3) is 0 Å². The Kier molecular flexibility index (Phi) is 2.87. The van der Waals surface area contributed by atoms with Gasteiger partial charge in [0.1, 0.15) is 0 Å². The summed E-state index contributed by atoms with van der Waals surface area (Å²) in [4.78, 5) is 0. The van der Waals surface area contributed by atoms with Crippen molar-refractivity contribution in [1.29, 1.82) is 0 Å². The molecule has 1 unspecified atom stereocenters. The van der Waals surface area contributed by atoms with Crippen molar-refractivity contribution < 1.29 is 5.11 Å². The largest absolute Gasteiger partial charge is 0.388 e. The quantitative estimate of drug-likeness (QED) is 0.741. The Morgan fingerprint density at radius 1 is 1.58 bits per heavy atom. The van der Waals surface area contributed by atoms with Gasteiger partial charge in [-0.15, -0.1) is 0 Å². The summed E-state index contributed by atoms with van der Waals surface area (Å²) in [6.07, 6.45) is 3.07. The Bertz CT molecular complexity index is 255. The van der Waals surface area contributed by atoms with E-state index < -0.39 is 0 Å². The summed E-state index contributed by atoms with van der Waals surface area (Å²) < 4.78 is 1.83. The van der Waals surface area contributed by atoms with Crippen LogP contribution < -0.4 is 0 Å². The van der Waals surface area contributed by atoms with Crippen LogP contribution in [0.4, 0.5) is 0 Å². The van der Waals surface area contributed by atoms with Crippen LogP contribution >= 0.6 is 0 Å². The van der Waals surface area contributed by atoms with Gasteiger partial charge in [0, 0.05) is 18.3 Å². The number of nitrogens with zero attached hydrogens (tertiary/aromatic N) is 2. The normalized spacial score (nSPS) is 13.3. The fourth-order valence-electron chi connectivity index (χ4n) is 1.41. The van der Waals surface area contributed by atoms with E-state index in [0.29, 0.717) is 0 Å². The summed E-state index contributed by atoms with van der Waals surface area (Å²) in [5, 5.41) is 13.7. The minimum Gasteiger partial charge on any atom is -0.388 e. The van der Waals surface area contributed by atoms with Gasteiger partial charge in [-0.1, -0.05) is 13.8 Å². The van der Waals surface area contributed by atoms with Crippen LogP contribution in [0.15, 0.2) is 6.20 Å². The Labute approximate surface area is 73.0 Å². The van der Waals surface area contributed by atoms with Gasteiger partial charge in [-0.3, -0.25) is 4.68 Å². The first-order valence-corrected chi connectivity index (χ1v) is 4.39. The lowest BCUT2D eigenvalue weighted by molar-refractivity contribution is 0.172. The van der Waals surface area contributed by atoms with E-state index in [0.717, 1.165) is 24.1 Å². The topological polar surface area (TPSA) is 38.1 Å². The fourth-order valence-corrected chi connectivity index (χ4v) is 1.41. The first-order valence-electron chi connectivity index (χ1n) is 4.39. The molecule has 1 aromatic heterocycles. The third-order valence-electron chi connectivity index (χ3n) is 2.17. The lowest BCUT2D eigenvalue weighted by atomic mass is 10.1. The number of aryl methyl sites for hydroxylation is 1. The lowest BCUT2D eigenvalue weighted by Crippen LogP contribution is -2.02. The third kappa shape index (κ3) is 1.50. The molecule has 3 heteroatoms. The molecule has 3 nitrogen and oxygen atoms in total. The maximum absolute atomic E-state index is 9.60. The highest BCUT2D eigenvalue weighted by Crippen LogP contribution is 2.19. The van der Waals surface area contributed by atoms with Crippen molar-refractivity contribution in [3.63, 3.8) is 0 Å². The van der Waals surface area contributed by atoms with E-state index >= 15 is 0 Å². The van der Waals surface area contributed by atoms with Crippen LogP contribution in [0.5, 0.6) is 0 Å². The Balaban J connectivity index is 2.98. The minimum atomic E-state index is -0.353. The molecule has 0 aromatic carbocycles. The number of aliphatic hydroxyl groups is 1. The minimum absolute atomic E-state index is 0.353. The van der Waals surface area contributed by atoms with E-state index in [1.54, 1.807) is 6.20 Å². The van der Waals surface area contributed by atoms with Gasteiger partial charge in [-0.05, 0) is 12.8 Å². The lowest BCUT2D eigenvalue weighted by Gasteiger charge is -2.07. The standard InChI is InChI=1S/C9H16N2O/c1-4-8-7(9(12)5-2)6-10-11(8)3/h6,9,12H,4-5H2,1-3H3. The molecule has 0 aliphatic rings. The highest BCUT2D eigenvalue weighted by molar-refractivity contribution is 5.20. The molecule has 12 heavy (non-hydrogen) atoms. The summed E-state index contributed by atoms with van der Waals surface area (Å²) in [7, 11) is 1.91. The first kappa shape index (κ1) is 9.26. The summed E-state index contributed by atoms with van der Waals surface area (Å²) in [6, 6.07) is 0. The maximum atomic E-state index is 9.60. The summed E-state index contributed by atoms with van der Waals surface area (Å²) >= 11 is 0. The van der Waals surface area contributed by atoms with Crippen molar-refractivity contribution in [2.45, 2.75) is 32.8 Å². The zero-order valence-electron chi connectivity index (χ0n) is 7.91. The molecule has 1 atom stereocenters. The molecule has 0 saturated heterocycles. The second kappa shape index (κ2) is 3.72. The van der Waals surface area contributed by atoms with Gasteiger partial charge in [-0.25, -0.2) is 0 Å². The maximum Gasteiger partial charge on any atom is 0.0820 e. The van der Waals surface area contributed by atoms with E-state index in [9.17, 15) is 5.11 Å². The summed E-state index contributed by atoms with van der Waals surface area (Å²) in [5.74, 6) is 0. The number of hydrogen-bond donors (Lipinski definition) is 1. The second-order valence-electron chi connectivity index (χ2n) is 2.95. The fraction of sp³-hybridized carbons (Fsp3) is 0.667. The van der Waals surface area contributed by atoms with Crippen LogP contribution in [-0.4, -0.2) is 14.9 Å². The van der Waals surface area contributed by atoms with Gasteiger partial charge in [0.05, 0.1) is 12.3 Å². The highest BCUT2D eigenvalue weighted by Gasteiger charge is 2.12. The summed E-state index contributed by atoms with van der Waals surface area (Å²) in [6.45, 7) is 4.04. The average Bonchev–Trinajstić information content (AvgIpc) is 2.45. The van der Waals surface area contributed by atoms with E-state index in [2.05, 4.69) is 12.0 Å². The second-order valence-corrected chi connectivity index (χ2v) is 2.95. The molecule has 1 rings (SSSR count). The van der Waals surface area contributed by atoms with Gasteiger partial charge in [0.2, 0.25) is 0 Å². The Hall–Kier alpha value is -0.830. The smallest absolute Gasteiger partial charge is 0.0820 e. The van der Waals surface area contributed by atoms with E-state index in [-0.39, 0.29) is 6.10 Å². The highest BCUT2D eigenvalue weighted by atomic mass is 16.3. The predicted molar refractivity (Wildman–Crippen MR) is 47.8 cm³/mol. The van der Waals surface area contributed by atoms with Crippen LogP contribution in [0, 0.1) is 0 Å². The van der Waals surface area contributed by atoms with Crippen LogP contribution in [-0.2, 0) is 13.5 Å². The molecule has 68 valence electrons. The van der Waals surface area contributed by atoms with E-state index in [4.69, 9.17) is 0 Å². The molecule has 0 aliphatic heterocycles. The monoisotopic (exact) mass is 168 g/mol. The zero-order chi connectivity index (χ0) is 9.14. The van der Waals surface area contributed by atoms with Crippen molar-refractivity contribution in [3.05, 3.63) is 17.5 Å². The molecule has 0 aliphatic carbocycles. The van der Waals surface area contributed by atoms with Crippen molar-refractivity contribution >= 4 is 0 Å². The zero-order valence-corrected chi connectivity index (χ0v) is 7.91. The molecular weight excluding hydrogens is 152 g/mol. The Morgan fingerprint density at radius 3 is 2.75 bits per heavy atom. The molecule has 0 fully saturated rings. The molecule has 0 saturated carbocycles. The molecule has 1 aromatic rings. The van der Waals surface area contributed by atoms with E-state index in [1.165, 1.54) is 0 Å². The molecule has 0 spiro atoms. The molecule has 1 heterocycles. The number of rotatable bonds is 3. The van der Waals surface area contributed by atoms with Crippen LogP contribution in [0.1, 0.15) is 37.6 Å². The first-order chi connectivity index (χ1) is 5.70. The van der Waals surface area contributed by atoms with Gasteiger partial charge in [-0.2, -0.15) is 5.10 Å². The van der Waals surface area contributed by atoms with Crippen molar-refractivity contribution in [2.24, 2.45) is 7.05 Å². The molecule has 0 bridgehead atoms. The van der Waals surface area contributed by atoms with Crippen LogP contribution in [0.3, 0.4) is 0 Å². The predicted octanol–water partition coefficient (Wildman–Crippen LogP) is 1.43. The van der Waals surface area contributed by atoms with Crippen molar-refractivity contribution in [2.75, 3.05) is 0 Å². The molecule has 1 N–H and O–H groups in total. The van der Waals surface area contributed by atoms with E-state index in [1.807, 2.05) is 18.7 Å². The Morgan fingerprint density at radius 2 is 2.25 bits per heavy atom. The van der Waals surface area contributed by atoms with Crippen LogP contribution in [0.2, 0.25) is 0 Å². The molecule has 0 amide bonds. The number of aromatic nitrogens is 2. The van der Waals surface area contributed by atoms with Gasteiger partial charge in [0.25, 0.3) is 0 Å². The third-order valence-corrected chi connectivity index (χ3v) is 2.17. The van der Waals surface area contributed by atoms with Gasteiger partial charge < -0.3 is 5.11 Å². The van der Waals surface area contributed by atoms with Crippen molar-refractivity contribution in [1.82, 2.24) is 9.78 Å². The summed E-state index contributed by atoms with van der Waals surface area (Å²) in [5.41, 5.74) is 2.10. The SMILES string of the molecule is CCc1c(C(O)CC)cnn1C. The molecular formula is C9H16N2O. The number of hydrogen-bond acceptors (Lipinski definition) is 2. The van der Waals surface area contributed by atoms with Gasteiger partial charge in [0.15, 0.2) is 0 Å². The molecule has 0 radical (unpaired) electrons. The van der Waals surface area contributed by atoms with Gasteiger partial charge >= 0.3 is 0 Å². The number of aliphatic hydroxyl groups excluding tert-OH is 1. The average molecular weight is 168 g/mol. The van der Waals surface area contributed by atoms with Crippen molar-refractivity contribution in [3.8, 4) is 0 Å².